The molecule has 1 N–H and O–H groups in total. The van der Waals surface area contributed by atoms with Crippen LogP contribution in [0.2, 0.25) is 0 Å². The summed E-state index contributed by atoms with van der Waals surface area (Å²) in [6.45, 7) is 7.49. The predicted molar refractivity (Wildman–Crippen MR) is 116 cm³/mol. The van der Waals surface area contributed by atoms with Gasteiger partial charge in [0.25, 0.3) is 11.8 Å². The predicted octanol–water partition coefficient (Wildman–Crippen LogP) is 0.954. The summed E-state index contributed by atoms with van der Waals surface area (Å²) in [5, 5.41) is 7.64. The van der Waals surface area contributed by atoms with Crippen LogP contribution in [0.25, 0.3) is 0 Å². The molecule has 9 heteroatoms. The Balaban J connectivity index is 1.58. The smallest absolute Gasteiger partial charge is 0.274 e. The van der Waals surface area contributed by atoms with Gasteiger partial charge in [-0.15, -0.1) is 0 Å². The van der Waals surface area contributed by atoms with Crippen molar-refractivity contribution < 1.29 is 14.4 Å². The molecule has 170 valence electrons. The minimum atomic E-state index is -1.02. The summed E-state index contributed by atoms with van der Waals surface area (Å²) in [6, 6.07) is 1.77. The van der Waals surface area contributed by atoms with Crippen LogP contribution in [-0.4, -0.2) is 93.6 Å². The Morgan fingerprint density at radius 3 is 2.52 bits per heavy atom. The maximum Gasteiger partial charge on any atom is 0.274 e. The molecule has 1 atom stereocenters. The van der Waals surface area contributed by atoms with Crippen LogP contribution in [0.15, 0.2) is 6.07 Å². The van der Waals surface area contributed by atoms with E-state index in [1.165, 1.54) is 0 Å². The molecule has 2 aliphatic heterocycles. The van der Waals surface area contributed by atoms with Crippen LogP contribution in [0.1, 0.15) is 66.9 Å². The van der Waals surface area contributed by atoms with E-state index >= 15 is 0 Å². The molecule has 0 bridgehead atoms. The van der Waals surface area contributed by atoms with E-state index in [0.29, 0.717) is 25.3 Å². The highest BCUT2D eigenvalue weighted by Gasteiger charge is 2.48. The van der Waals surface area contributed by atoms with Crippen LogP contribution in [-0.2, 0) is 11.3 Å². The third kappa shape index (κ3) is 4.07. The molecular weight excluding hydrogens is 396 g/mol. The lowest BCUT2D eigenvalue weighted by Gasteiger charge is -2.43. The number of nitrogens with one attached hydrogen (secondary N) is 1. The average molecular weight is 431 g/mol. The van der Waals surface area contributed by atoms with Gasteiger partial charge in [-0.25, -0.2) is 0 Å². The highest BCUT2D eigenvalue weighted by molar-refractivity contribution is 6.02. The van der Waals surface area contributed by atoms with Gasteiger partial charge in [0.05, 0.1) is 6.54 Å². The molecule has 0 unspecified atom stereocenters. The Hall–Kier alpha value is -2.42. The number of likely N-dealkylation sites (N-methyl/N-ethyl adjacent to an activating group) is 1. The lowest BCUT2D eigenvalue weighted by Crippen LogP contribution is -2.65. The molecule has 3 amide bonds. The third-order valence-corrected chi connectivity index (χ3v) is 6.93. The number of hydrogen-bond donors (Lipinski definition) is 1. The number of hydrogen-bond acceptors (Lipinski definition) is 5. The number of carbonyl (C=O) groups is 3. The molecule has 0 aromatic carbocycles. The van der Waals surface area contributed by atoms with Gasteiger partial charge in [0.2, 0.25) is 5.91 Å². The van der Waals surface area contributed by atoms with Crippen molar-refractivity contribution in [2.45, 2.75) is 64.1 Å². The van der Waals surface area contributed by atoms with Crippen molar-refractivity contribution in [3.8, 4) is 0 Å². The summed E-state index contributed by atoms with van der Waals surface area (Å²) in [7, 11) is 2.04. The maximum absolute atomic E-state index is 13.4. The summed E-state index contributed by atoms with van der Waals surface area (Å²) in [5.41, 5.74) is -0.357. The van der Waals surface area contributed by atoms with Crippen LogP contribution < -0.4 is 5.32 Å². The van der Waals surface area contributed by atoms with Crippen molar-refractivity contribution >= 4 is 17.7 Å². The molecule has 3 heterocycles. The molecule has 1 saturated carbocycles. The second-order valence-electron chi connectivity index (χ2n) is 9.35. The van der Waals surface area contributed by atoms with Crippen molar-refractivity contribution in [3.05, 3.63) is 17.5 Å². The Morgan fingerprint density at radius 2 is 1.87 bits per heavy atom. The highest BCUT2D eigenvalue weighted by Crippen LogP contribution is 2.29. The van der Waals surface area contributed by atoms with Crippen molar-refractivity contribution in [2.24, 2.45) is 0 Å². The molecule has 1 saturated heterocycles. The maximum atomic E-state index is 13.4. The molecule has 0 radical (unpaired) electrons. The molecule has 0 spiro atoms. The average Bonchev–Trinajstić information content (AvgIpc) is 3.41. The summed E-state index contributed by atoms with van der Waals surface area (Å²) in [5.74, 6) is -0.515. The van der Waals surface area contributed by atoms with E-state index in [9.17, 15) is 14.4 Å². The SMILES string of the molecule is CCCN1C(=O)c2cc(C(=O)N3CCN(C)CC3)nn2C[C@]1(C)C(=O)NC1CCCC1. The fourth-order valence-electron chi connectivity index (χ4n) is 4.90. The van der Waals surface area contributed by atoms with Crippen LogP contribution in [0.4, 0.5) is 0 Å². The summed E-state index contributed by atoms with van der Waals surface area (Å²) in [6.07, 6.45) is 4.97. The van der Waals surface area contributed by atoms with E-state index in [1.807, 2.05) is 20.9 Å². The van der Waals surface area contributed by atoms with E-state index in [2.05, 4.69) is 15.3 Å². The van der Waals surface area contributed by atoms with Gasteiger partial charge < -0.3 is 20.0 Å². The van der Waals surface area contributed by atoms with Crippen molar-refractivity contribution in [3.63, 3.8) is 0 Å². The van der Waals surface area contributed by atoms with Gasteiger partial charge in [0, 0.05) is 44.8 Å². The number of aromatic nitrogens is 2. The van der Waals surface area contributed by atoms with Gasteiger partial charge in [-0.2, -0.15) is 5.10 Å². The van der Waals surface area contributed by atoms with E-state index in [1.54, 1.807) is 20.5 Å². The summed E-state index contributed by atoms with van der Waals surface area (Å²) < 4.78 is 1.56. The molecule has 2 fully saturated rings. The van der Waals surface area contributed by atoms with Gasteiger partial charge in [0.15, 0.2) is 5.69 Å². The molecule has 31 heavy (non-hydrogen) atoms. The quantitative estimate of drug-likeness (QED) is 0.751. The first-order chi connectivity index (χ1) is 14.8. The minimum absolute atomic E-state index is 0.130. The number of amides is 3. The fraction of sp³-hybridized carbons (Fsp3) is 0.727. The van der Waals surface area contributed by atoms with Gasteiger partial charge in [-0.05, 0) is 33.2 Å². The van der Waals surface area contributed by atoms with Gasteiger partial charge in [-0.1, -0.05) is 19.8 Å². The first-order valence-corrected chi connectivity index (χ1v) is 11.5. The molecule has 1 aromatic heterocycles. The zero-order valence-electron chi connectivity index (χ0n) is 18.9. The largest absolute Gasteiger partial charge is 0.351 e. The lowest BCUT2D eigenvalue weighted by molar-refractivity contribution is -0.133. The minimum Gasteiger partial charge on any atom is -0.351 e. The van der Waals surface area contributed by atoms with Gasteiger partial charge in [0.1, 0.15) is 11.2 Å². The van der Waals surface area contributed by atoms with Gasteiger partial charge in [-0.3, -0.25) is 19.1 Å². The topological polar surface area (TPSA) is 90.8 Å². The first kappa shape index (κ1) is 21.8. The molecule has 1 aromatic rings. The monoisotopic (exact) mass is 430 g/mol. The molecule has 1 aliphatic carbocycles. The van der Waals surface area contributed by atoms with Crippen molar-refractivity contribution in [1.82, 2.24) is 29.8 Å². The van der Waals surface area contributed by atoms with Gasteiger partial charge >= 0.3 is 0 Å². The zero-order valence-corrected chi connectivity index (χ0v) is 18.9. The third-order valence-electron chi connectivity index (χ3n) is 6.93. The summed E-state index contributed by atoms with van der Waals surface area (Å²) in [4.78, 5) is 45.3. The van der Waals surface area contributed by atoms with Crippen LogP contribution in [0.5, 0.6) is 0 Å². The molecule has 3 aliphatic rings. The number of nitrogens with zero attached hydrogens (tertiary/aromatic N) is 5. The van der Waals surface area contributed by atoms with E-state index in [0.717, 1.165) is 45.2 Å². The Kier molecular flexibility index (Phi) is 6.05. The highest BCUT2D eigenvalue weighted by atomic mass is 16.2. The molecule has 9 nitrogen and oxygen atoms in total. The first-order valence-electron chi connectivity index (χ1n) is 11.5. The number of carbonyl (C=O) groups excluding carboxylic acids is 3. The lowest BCUT2D eigenvalue weighted by atomic mass is 9.94. The van der Waals surface area contributed by atoms with Crippen molar-refractivity contribution in [1.29, 1.82) is 0 Å². The van der Waals surface area contributed by atoms with Crippen LogP contribution in [0, 0.1) is 0 Å². The summed E-state index contributed by atoms with van der Waals surface area (Å²) >= 11 is 0. The fourth-order valence-corrected chi connectivity index (χ4v) is 4.90. The Bertz CT molecular complexity index is 853. The van der Waals surface area contributed by atoms with E-state index in [-0.39, 0.29) is 36.0 Å². The Labute approximate surface area is 183 Å². The molecular formula is C22H34N6O3. The Morgan fingerprint density at radius 1 is 1.19 bits per heavy atom. The second kappa shape index (κ2) is 8.61. The molecule has 4 rings (SSSR count). The van der Waals surface area contributed by atoms with E-state index in [4.69, 9.17) is 0 Å². The zero-order chi connectivity index (χ0) is 22.2. The number of rotatable bonds is 5. The number of fused-ring (bicyclic) bond motifs is 1. The standard InChI is InChI=1S/C22H34N6O3/c1-4-9-27-20(30)18-14-17(19(29)26-12-10-25(3)11-13-26)24-28(18)15-22(27,2)21(31)23-16-7-5-6-8-16/h14,16H,4-13,15H2,1-3H3,(H,23,31)/t22-/m1/s1. The normalized spacial score (nSPS) is 25.1. The van der Waals surface area contributed by atoms with Crippen LogP contribution >= 0.6 is 0 Å². The van der Waals surface area contributed by atoms with Crippen molar-refractivity contribution in [2.75, 3.05) is 39.8 Å². The van der Waals surface area contributed by atoms with Crippen LogP contribution in [0.3, 0.4) is 0 Å². The second-order valence-corrected chi connectivity index (χ2v) is 9.35. The van der Waals surface area contributed by atoms with E-state index < -0.39 is 5.54 Å². The number of piperazine rings is 1.